The van der Waals surface area contributed by atoms with E-state index in [1.807, 2.05) is 0 Å². The third-order valence-electron chi connectivity index (χ3n) is 0.924. The highest BCUT2D eigenvalue weighted by atomic mass is 32.2. The van der Waals surface area contributed by atoms with Gasteiger partial charge in [0.25, 0.3) is 10.1 Å². The Bertz CT molecular complexity index is 250. The third-order valence-corrected chi connectivity index (χ3v) is 1.85. The largest absolute Gasteiger partial charge is 0.479 e. The van der Waals surface area contributed by atoms with Gasteiger partial charge in [0.15, 0.2) is 5.60 Å². The fraction of sp³-hybridized carbons (Fsp3) is 0.750. The molecule has 0 aliphatic rings. The molecule has 66 valence electrons. The minimum atomic E-state index is -4.46. The van der Waals surface area contributed by atoms with Gasteiger partial charge in [0.2, 0.25) is 0 Å². The summed E-state index contributed by atoms with van der Waals surface area (Å²) in [6.07, 6.45) is 0. The molecule has 3 N–H and O–H groups in total. The molecule has 0 aromatic rings. The summed E-state index contributed by atoms with van der Waals surface area (Å²) in [4.78, 5) is 10.1. The van der Waals surface area contributed by atoms with Crippen LogP contribution >= 0.6 is 0 Å². The summed E-state index contributed by atoms with van der Waals surface area (Å²) in [5.74, 6) is -2.91. The van der Waals surface area contributed by atoms with Gasteiger partial charge in [0, 0.05) is 0 Å². The highest BCUT2D eigenvalue weighted by Gasteiger charge is 2.34. The number of rotatable bonds is 3. The van der Waals surface area contributed by atoms with Crippen molar-refractivity contribution in [2.24, 2.45) is 0 Å². The minimum Gasteiger partial charge on any atom is -0.479 e. The Labute approximate surface area is 63.2 Å². The van der Waals surface area contributed by atoms with Gasteiger partial charge >= 0.3 is 5.97 Å². The lowest BCUT2D eigenvalue weighted by atomic mass is 10.1. The first-order valence-corrected chi connectivity index (χ1v) is 4.17. The average molecular weight is 184 g/mol. The molecule has 0 aliphatic carbocycles. The van der Waals surface area contributed by atoms with Crippen LogP contribution in [-0.2, 0) is 14.9 Å². The van der Waals surface area contributed by atoms with Crippen LogP contribution < -0.4 is 0 Å². The zero-order chi connectivity index (χ0) is 9.28. The van der Waals surface area contributed by atoms with Crippen molar-refractivity contribution in [3.8, 4) is 0 Å². The molecule has 0 bridgehead atoms. The molecule has 1 atom stereocenters. The minimum absolute atomic E-state index is 0.781. The first kappa shape index (κ1) is 10.3. The van der Waals surface area contributed by atoms with Crippen molar-refractivity contribution in [2.75, 3.05) is 5.75 Å². The number of aliphatic hydroxyl groups is 1. The SMILES string of the molecule is CC(O)(CS(=O)(=O)O)C(=O)O. The molecule has 0 fully saturated rings. The van der Waals surface area contributed by atoms with Crippen LogP contribution in [0.1, 0.15) is 6.92 Å². The van der Waals surface area contributed by atoms with E-state index in [-0.39, 0.29) is 0 Å². The summed E-state index contributed by atoms with van der Waals surface area (Å²) in [7, 11) is -4.46. The lowest BCUT2D eigenvalue weighted by molar-refractivity contribution is -0.154. The molecule has 0 radical (unpaired) electrons. The lowest BCUT2D eigenvalue weighted by Crippen LogP contribution is -2.41. The van der Waals surface area contributed by atoms with E-state index < -0.39 is 27.4 Å². The maximum absolute atomic E-state index is 10.1. The molecule has 0 spiro atoms. The molecule has 0 saturated heterocycles. The maximum Gasteiger partial charge on any atom is 0.336 e. The summed E-state index contributed by atoms with van der Waals surface area (Å²) < 4.78 is 28.3. The van der Waals surface area contributed by atoms with E-state index in [1.165, 1.54) is 0 Å². The van der Waals surface area contributed by atoms with Crippen molar-refractivity contribution >= 4 is 16.1 Å². The summed E-state index contributed by atoms with van der Waals surface area (Å²) in [5.41, 5.74) is -2.44. The van der Waals surface area contributed by atoms with Crippen LogP contribution in [0.2, 0.25) is 0 Å². The first-order chi connectivity index (χ1) is 4.65. The molecule has 0 saturated carbocycles. The Kier molecular flexibility index (Phi) is 2.60. The number of carboxylic acids is 1. The lowest BCUT2D eigenvalue weighted by Gasteiger charge is -2.14. The van der Waals surface area contributed by atoms with Crippen LogP contribution in [0, 0.1) is 0 Å². The molecular formula is C4H8O6S. The molecule has 0 heterocycles. The standard InChI is InChI=1S/C4H8O6S/c1-4(7,3(5)6)2-11(8,9)10/h7H,2H2,1H3,(H,5,6)(H,8,9,10). The van der Waals surface area contributed by atoms with E-state index in [2.05, 4.69) is 0 Å². The quantitative estimate of drug-likeness (QED) is 0.470. The number of hydrogen-bond acceptors (Lipinski definition) is 4. The zero-order valence-electron chi connectivity index (χ0n) is 5.68. The Morgan fingerprint density at radius 1 is 1.55 bits per heavy atom. The van der Waals surface area contributed by atoms with Gasteiger partial charge < -0.3 is 10.2 Å². The predicted octanol–water partition coefficient (Wildman–Crippen LogP) is -1.29. The van der Waals surface area contributed by atoms with Crippen molar-refractivity contribution in [3.05, 3.63) is 0 Å². The highest BCUT2D eigenvalue weighted by Crippen LogP contribution is 2.05. The summed E-state index contributed by atoms with van der Waals surface area (Å²) in [5, 5.41) is 17.0. The van der Waals surface area contributed by atoms with Crippen molar-refractivity contribution < 1.29 is 28.0 Å². The van der Waals surface area contributed by atoms with E-state index in [4.69, 9.17) is 14.8 Å². The molecular weight excluding hydrogens is 176 g/mol. The zero-order valence-corrected chi connectivity index (χ0v) is 6.50. The second-order valence-corrected chi connectivity index (χ2v) is 3.76. The van der Waals surface area contributed by atoms with Gasteiger partial charge in [-0.2, -0.15) is 8.42 Å². The number of carbonyl (C=O) groups is 1. The Morgan fingerprint density at radius 3 is 2.00 bits per heavy atom. The van der Waals surface area contributed by atoms with Crippen LogP contribution in [0.15, 0.2) is 0 Å². The summed E-state index contributed by atoms with van der Waals surface area (Å²) in [6, 6.07) is 0. The van der Waals surface area contributed by atoms with E-state index >= 15 is 0 Å². The highest BCUT2D eigenvalue weighted by molar-refractivity contribution is 7.85. The van der Waals surface area contributed by atoms with Crippen molar-refractivity contribution in [1.82, 2.24) is 0 Å². The molecule has 0 rings (SSSR count). The van der Waals surface area contributed by atoms with Gasteiger partial charge in [-0.15, -0.1) is 0 Å². The Morgan fingerprint density at radius 2 is 1.91 bits per heavy atom. The van der Waals surface area contributed by atoms with Gasteiger partial charge in [0.05, 0.1) is 0 Å². The topological polar surface area (TPSA) is 112 Å². The van der Waals surface area contributed by atoms with Crippen LogP contribution in [0.3, 0.4) is 0 Å². The molecule has 11 heavy (non-hydrogen) atoms. The van der Waals surface area contributed by atoms with Gasteiger partial charge in [0.1, 0.15) is 5.75 Å². The van der Waals surface area contributed by atoms with Crippen molar-refractivity contribution in [3.63, 3.8) is 0 Å². The third kappa shape index (κ3) is 3.91. The second-order valence-electron chi connectivity index (χ2n) is 2.31. The fourth-order valence-corrected chi connectivity index (χ4v) is 1.25. The predicted molar refractivity (Wildman–Crippen MR) is 34.7 cm³/mol. The van der Waals surface area contributed by atoms with Crippen LogP contribution in [0.5, 0.6) is 0 Å². The van der Waals surface area contributed by atoms with Gasteiger partial charge in [-0.05, 0) is 6.92 Å². The molecule has 0 aromatic carbocycles. The monoisotopic (exact) mass is 184 g/mol. The maximum atomic E-state index is 10.1. The Balaban J connectivity index is 4.51. The Hall–Kier alpha value is -0.660. The first-order valence-electron chi connectivity index (χ1n) is 2.56. The van der Waals surface area contributed by atoms with Crippen LogP contribution in [0.4, 0.5) is 0 Å². The van der Waals surface area contributed by atoms with E-state index in [0.29, 0.717) is 0 Å². The van der Waals surface area contributed by atoms with E-state index in [9.17, 15) is 13.2 Å². The van der Waals surface area contributed by atoms with Crippen molar-refractivity contribution in [1.29, 1.82) is 0 Å². The van der Waals surface area contributed by atoms with E-state index in [0.717, 1.165) is 6.92 Å². The number of aliphatic carboxylic acids is 1. The van der Waals surface area contributed by atoms with Gasteiger partial charge in [-0.1, -0.05) is 0 Å². The normalized spacial score (nSPS) is 17.4. The molecule has 0 aliphatic heterocycles. The van der Waals surface area contributed by atoms with Crippen LogP contribution in [0.25, 0.3) is 0 Å². The molecule has 7 heteroatoms. The fourth-order valence-electron chi connectivity index (χ4n) is 0.417. The summed E-state index contributed by atoms with van der Waals surface area (Å²) in [6.45, 7) is 0.781. The molecule has 1 unspecified atom stereocenters. The number of hydrogen-bond donors (Lipinski definition) is 3. The van der Waals surface area contributed by atoms with Crippen LogP contribution in [-0.4, -0.2) is 40.5 Å². The smallest absolute Gasteiger partial charge is 0.336 e. The molecule has 0 aromatic heterocycles. The molecule has 0 amide bonds. The second kappa shape index (κ2) is 2.76. The molecule has 6 nitrogen and oxygen atoms in total. The van der Waals surface area contributed by atoms with Crippen molar-refractivity contribution in [2.45, 2.75) is 12.5 Å². The average Bonchev–Trinajstić information content (AvgIpc) is 1.56. The number of carboxylic acid groups (broad SMARTS) is 1. The van der Waals surface area contributed by atoms with Gasteiger partial charge in [-0.3, -0.25) is 4.55 Å². The van der Waals surface area contributed by atoms with Gasteiger partial charge in [-0.25, -0.2) is 4.79 Å². The van der Waals surface area contributed by atoms with E-state index in [1.54, 1.807) is 0 Å². The summed E-state index contributed by atoms with van der Waals surface area (Å²) >= 11 is 0.